The molecule has 0 saturated heterocycles. The summed E-state index contributed by atoms with van der Waals surface area (Å²) in [5, 5.41) is 25.3. The Morgan fingerprint density at radius 2 is 1.25 bits per heavy atom. The van der Waals surface area contributed by atoms with E-state index in [1.165, 1.54) is 0 Å². The van der Waals surface area contributed by atoms with Crippen molar-refractivity contribution >= 4 is 11.6 Å². The van der Waals surface area contributed by atoms with Crippen LogP contribution < -0.4 is 0 Å². The Morgan fingerprint density at radius 3 is 1.88 bits per heavy atom. The van der Waals surface area contributed by atoms with Gasteiger partial charge in [0.2, 0.25) is 0 Å². The molecule has 4 nitrogen and oxygen atoms in total. The predicted octanol–water partition coefficient (Wildman–Crippen LogP) is 6.94. The Hall–Kier alpha value is -4.02. The molecule has 0 unspecified atom stereocenters. The molecule has 0 bridgehead atoms. The summed E-state index contributed by atoms with van der Waals surface area (Å²) in [5.74, 6) is 0.390. The van der Waals surface area contributed by atoms with Crippen molar-refractivity contribution in [2.24, 2.45) is 0 Å². The van der Waals surface area contributed by atoms with E-state index >= 15 is 0 Å². The molecule has 0 atom stereocenters. The van der Waals surface area contributed by atoms with E-state index in [0.717, 1.165) is 39.3 Å². The van der Waals surface area contributed by atoms with Crippen LogP contribution in [0.15, 0.2) is 103 Å². The second kappa shape index (κ2) is 8.25. The molecule has 0 spiro atoms. The van der Waals surface area contributed by atoms with Gasteiger partial charge in [0.25, 0.3) is 0 Å². The topological polar surface area (TPSA) is 58.3 Å². The zero-order chi connectivity index (χ0) is 22.1. The maximum atomic E-state index is 9.86. The van der Waals surface area contributed by atoms with Gasteiger partial charge in [-0.05, 0) is 60.2 Å². The van der Waals surface area contributed by atoms with Crippen LogP contribution in [0.25, 0.3) is 39.3 Å². The average molecular weight is 439 g/mol. The Balaban J connectivity index is 1.88. The predicted molar refractivity (Wildman–Crippen MR) is 128 cm³/mol. The highest BCUT2D eigenvalue weighted by molar-refractivity contribution is 6.30. The lowest BCUT2D eigenvalue weighted by Gasteiger charge is -2.11. The summed E-state index contributed by atoms with van der Waals surface area (Å²) in [6, 6.07) is 31.7. The lowest BCUT2D eigenvalue weighted by molar-refractivity contribution is 0.475. The minimum Gasteiger partial charge on any atom is -0.508 e. The maximum absolute atomic E-state index is 9.86. The first kappa shape index (κ1) is 19.9. The molecule has 0 saturated carbocycles. The highest BCUT2D eigenvalue weighted by Gasteiger charge is 2.23. The van der Waals surface area contributed by atoms with Crippen LogP contribution in [-0.2, 0) is 0 Å². The third-order valence-electron chi connectivity index (χ3n) is 5.28. The molecule has 0 aliphatic heterocycles. The van der Waals surface area contributed by atoms with Gasteiger partial charge in [0.1, 0.15) is 17.2 Å². The Kier molecular flexibility index (Phi) is 5.13. The third kappa shape index (κ3) is 3.72. The Labute approximate surface area is 190 Å². The van der Waals surface area contributed by atoms with Crippen molar-refractivity contribution in [1.82, 2.24) is 9.78 Å². The lowest BCUT2D eigenvalue weighted by atomic mass is 9.95. The summed E-state index contributed by atoms with van der Waals surface area (Å²) >= 11 is 6.31. The lowest BCUT2D eigenvalue weighted by Crippen LogP contribution is -1.99. The second-order valence-corrected chi connectivity index (χ2v) is 7.86. The van der Waals surface area contributed by atoms with Crippen molar-refractivity contribution < 1.29 is 10.2 Å². The number of benzene rings is 4. The summed E-state index contributed by atoms with van der Waals surface area (Å²) in [4.78, 5) is 0. The van der Waals surface area contributed by atoms with Gasteiger partial charge in [0.15, 0.2) is 0 Å². The van der Waals surface area contributed by atoms with Gasteiger partial charge in [0.05, 0.1) is 11.4 Å². The van der Waals surface area contributed by atoms with Crippen molar-refractivity contribution in [3.8, 4) is 50.8 Å². The van der Waals surface area contributed by atoms with Crippen molar-refractivity contribution in [1.29, 1.82) is 0 Å². The highest BCUT2D eigenvalue weighted by Crippen LogP contribution is 2.42. The average Bonchev–Trinajstić information content (AvgIpc) is 3.21. The number of aromatic nitrogens is 2. The largest absolute Gasteiger partial charge is 0.508 e. The van der Waals surface area contributed by atoms with Gasteiger partial charge in [-0.15, -0.1) is 0 Å². The monoisotopic (exact) mass is 438 g/mol. The molecule has 5 aromatic rings. The fourth-order valence-electron chi connectivity index (χ4n) is 3.80. The van der Waals surface area contributed by atoms with Crippen LogP contribution in [0.4, 0.5) is 0 Å². The molecule has 2 N–H and O–H groups in total. The van der Waals surface area contributed by atoms with Crippen LogP contribution >= 0.6 is 11.6 Å². The van der Waals surface area contributed by atoms with E-state index < -0.39 is 0 Å². The molecule has 1 heterocycles. The van der Waals surface area contributed by atoms with E-state index in [2.05, 4.69) is 0 Å². The van der Waals surface area contributed by atoms with E-state index in [4.69, 9.17) is 16.7 Å². The molecular weight excluding hydrogens is 420 g/mol. The van der Waals surface area contributed by atoms with Crippen molar-refractivity contribution in [3.63, 3.8) is 0 Å². The van der Waals surface area contributed by atoms with Crippen LogP contribution in [0.5, 0.6) is 11.5 Å². The number of hydrogen-bond donors (Lipinski definition) is 2. The molecule has 156 valence electrons. The molecule has 4 aromatic carbocycles. The van der Waals surface area contributed by atoms with Gasteiger partial charge in [-0.1, -0.05) is 60.1 Å². The number of hydrogen-bond acceptors (Lipinski definition) is 3. The first-order valence-corrected chi connectivity index (χ1v) is 10.5. The van der Waals surface area contributed by atoms with Gasteiger partial charge in [-0.25, -0.2) is 4.68 Å². The SMILES string of the molecule is Oc1ccc(-c2nn(-c3cccc(Cl)c3)c(-c3ccccc3)c2-c2ccc(O)cc2)cc1. The first-order chi connectivity index (χ1) is 15.6. The molecule has 5 rings (SSSR count). The van der Waals surface area contributed by atoms with Crippen LogP contribution in [0, 0.1) is 0 Å². The molecule has 0 amide bonds. The van der Waals surface area contributed by atoms with E-state index in [-0.39, 0.29) is 11.5 Å². The third-order valence-corrected chi connectivity index (χ3v) is 5.52. The first-order valence-electron chi connectivity index (χ1n) is 10.1. The maximum Gasteiger partial charge on any atom is 0.115 e. The smallest absolute Gasteiger partial charge is 0.115 e. The summed E-state index contributed by atoms with van der Waals surface area (Å²) in [6.07, 6.45) is 0. The second-order valence-electron chi connectivity index (χ2n) is 7.42. The van der Waals surface area contributed by atoms with Crippen molar-refractivity contribution in [2.75, 3.05) is 0 Å². The number of phenols is 2. The van der Waals surface area contributed by atoms with Gasteiger partial charge in [0, 0.05) is 21.7 Å². The zero-order valence-electron chi connectivity index (χ0n) is 17.0. The number of nitrogens with zero attached hydrogens (tertiary/aromatic N) is 2. The summed E-state index contributed by atoms with van der Waals surface area (Å²) < 4.78 is 1.89. The number of phenolic OH excluding ortho intramolecular Hbond substituents is 2. The molecule has 1 aromatic heterocycles. The van der Waals surface area contributed by atoms with E-state index in [1.54, 1.807) is 24.3 Å². The zero-order valence-corrected chi connectivity index (χ0v) is 17.7. The molecule has 0 aliphatic rings. The number of halogens is 1. The highest BCUT2D eigenvalue weighted by atomic mass is 35.5. The van der Waals surface area contributed by atoms with Crippen LogP contribution in [-0.4, -0.2) is 20.0 Å². The molecule has 0 fully saturated rings. The summed E-state index contributed by atoms with van der Waals surface area (Å²) in [7, 11) is 0. The van der Waals surface area contributed by atoms with Gasteiger partial charge >= 0.3 is 0 Å². The van der Waals surface area contributed by atoms with Crippen molar-refractivity contribution in [2.45, 2.75) is 0 Å². The molecule has 5 heteroatoms. The normalized spacial score (nSPS) is 10.9. The molecule has 0 radical (unpaired) electrons. The number of aromatic hydroxyl groups is 2. The summed E-state index contributed by atoms with van der Waals surface area (Å²) in [5.41, 5.74) is 6.19. The molecular formula is C27H19ClN2O2. The minimum absolute atomic E-state index is 0.192. The van der Waals surface area contributed by atoms with E-state index in [1.807, 2.05) is 83.5 Å². The van der Waals surface area contributed by atoms with Crippen LogP contribution in [0.3, 0.4) is 0 Å². The standard InChI is InChI=1S/C27H19ClN2O2/c28-21-7-4-8-22(17-21)30-27(20-5-2-1-3-6-20)25(18-9-13-23(31)14-10-18)26(29-30)19-11-15-24(32)16-12-19/h1-17,31-32H. The van der Waals surface area contributed by atoms with Gasteiger partial charge in [-0.2, -0.15) is 5.10 Å². The molecule has 0 aliphatic carbocycles. The van der Waals surface area contributed by atoms with Gasteiger partial charge in [-0.3, -0.25) is 0 Å². The Bertz CT molecular complexity index is 1380. The number of rotatable bonds is 4. The van der Waals surface area contributed by atoms with Crippen LogP contribution in [0.1, 0.15) is 0 Å². The van der Waals surface area contributed by atoms with Crippen LogP contribution in [0.2, 0.25) is 5.02 Å². The fourth-order valence-corrected chi connectivity index (χ4v) is 3.98. The van der Waals surface area contributed by atoms with Gasteiger partial charge < -0.3 is 10.2 Å². The molecule has 32 heavy (non-hydrogen) atoms. The quantitative estimate of drug-likeness (QED) is 0.319. The minimum atomic E-state index is 0.192. The van der Waals surface area contributed by atoms with E-state index in [9.17, 15) is 10.2 Å². The Morgan fingerprint density at radius 1 is 0.625 bits per heavy atom. The van der Waals surface area contributed by atoms with E-state index in [0.29, 0.717) is 5.02 Å². The summed E-state index contributed by atoms with van der Waals surface area (Å²) in [6.45, 7) is 0. The van der Waals surface area contributed by atoms with Crippen molar-refractivity contribution in [3.05, 3.63) is 108 Å². The fraction of sp³-hybridized carbons (Fsp3) is 0.